The van der Waals surface area contributed by atoms with Gasteiger partial charge in [-0.3, -0.25) is 9.59 Å². The van der Waals surface area contributed by atoms with Crippen LogP contribution in [0.25, 0.3) is 0 Å². The molecule has 0 saturated carbocycles. The topological polar surface area (TPSA) is 105 Å². The van der Waals surface area contributed by atoms with Gasteiger partial charge in [-0.25, -0.2) is 8.42 Å². The number of aryl methyl sites for hydroxylation is 1. The second-order valence-corrected chi connectivity index (χ2v) is 9.15. The maximum Gasteiger partial charge on any atom is 0.309 e. The van der Waals surface area contributed by atoms with E-state index in [2.05, 4.69) is 10.6 Å². The molecule has 1 fully saturated rings. The van der Waals surface area contributed by atoms with E-state index in [9.17, 15) is 18.0 Å². The first kappa shape index (κ1) is 22.3. The minimum absolute atomic E-state index is 0.0957. The van der Waals surface area contributed by atoms with Crippen molar-refractivity contribution in [3.05, 3.63) is 29.8 Å². The Labute approximate surface area is 166 Å². The first-order valence-electron chi connectivity index (χ1n) is 9.48. The number of carbonyl (C=O) groups excluding carboxylic acids is 2. The molecule has 1 heterocycles. The Bertz CT molecular complexity index is 777. The number of hydrogen-bond acceptors (Lipinski definition) is 5. The molecular formula is C19H29N3O5S. The molecule has 1 aliphatic heterocycles. The van der Waals surface area contributed by atoms with Crippen LogP contribution >= 0.6 is 0 Å². The molecule has 2 amide bonds. The first-order valence-corrected chi connectivity index (χ1v) is 10.9. The van der Waals surface area contributed by atoms with Crippen LogP contribution in [0.3, 0.4) is 0 Å². The van der Waals surface area contributed by atoms with E-state index in [0.717, 1.165) is 12.0 Å². The minimum atomic E-state index is -3.76. The minimum Gasteiger partial charge on any atom is -0.360 e. The highest BCUT2D eigenvalue weighted by atomic mass is 32.2. The van der Waals surface area contributed by atoms with Crippen molar-refractivity contribution in [1.29, 1.82) is 0 Å². The Morgan fingerprint density at radius 2 is 1.82 bits per heavy atom. The van der Waals surface area contributed by atoms with Gasteiger partial charge >= 0.3 is 11.8 Å². The smallest absolute Gasteiger partial charge is 0.309 e. The van der Waals surface area contributed by atoms with Crippen molar-refractivity contribution < 1.29 is 22.7 Å². The Kier molecular flexibility index (Phi) is 7.97. The molecule has 2 rings (SSSR count). The molecule has 1 aromatic carbocycles. The third-order valence-corrected chi connectivity index (χ3v) is 6.34. The Morgan fingerprint density at radius 1 is 1.18 bits per heavy atom. The molecule has 0 aromatic heterocycles. The van der Waals surface area contributed by atoms with E-state index in [1.165, 1.54) is 4.31 Å². The van der Waals surface area contributed by atoms with Gasteiger partial charge in [-0.2, -0.15) is 4.31 Å². The summed E-state index contributed by atoms with van der Waals surface area (Å²) in [5, 5.41) is 5.02. The highest BCUT2D eigenvalue weighted by Crippen LogP contribution is 2.22. The van der Waals surface area contributed by atoms with Gasteiger partial charge in [-0.1, -0.05) is 31.5 Å². The average molecular weight is 412 g/mol. The molecule has 9 heteroatoms. The van der Waals surface area contributed by atoms with Gasteiger partial charge in [0, 0.05) is 13.1 Å². The lowest BCUT2D eigenvalue weighted by Gasteiger charge is -2.34. The highest BCUT2D eigenvalue weighted by Gasteiger charge is 2.34. The number of benzene rings is 1. The second-order valence-electron chi connectivity index (χ2n) is 7.26. The monoisotopic (exact) mass is 411 g/mol. The van der Waals surface area contributed by atoms with Crippen LogP contribution in [-0.2, 0) is 24.3 Å². The first-order chi connectivity index (χ1) is 13.2. The van der Waals surface area contributed by atoms with Crippen LogP contribution in [0.1, 0.15) is 32.3 Å². The average Bonchev–Trinajstić information content (AvgIpc) is 2.66. The normalized spacial score (nSPS) is 18.1. The molecule has 28 heavy (non-hydrogen) atoms. The van der Waals surface area contributed by atoms with Gasteiger partial charge in [-0.15, -0.1) is 0 Å². The fourth-order valence-corrected chi connectivity index (χ4v) is 4.33. The van der Waals surface area contributed by atoms with Crippen molar-refractivity contribution in [1.82, 2.24) is 14.9 Å². The third-order valence-electron chi connectivity index (χ3n) is 4.43. The molecule has 156 valence electrons. The molecule has 2 N–H and O–H groups in total. The summed E-state index contributed by atoms with van der Waals surface area (Å²) in [6.07, 6.45) is 0.478. The zero-order valence-electron chi connectivity index (χ0n) is 16.6. The largest absolute Gasteiger partial charge is 0.360 e. The highest BCUT2D eigenvalue weighted by molar-refractivity contribution is 7.89. The molecular weight excluding hydrogens is 382 g/mol. The predicted octanol–water partition coefficient (Wildman–Crippen LogP) is 1.01. The summed E-state index contributed by atoms with van der Waals surface area (Å²) < 4.78 is 32.7. The number of rotatable bonds is 7. The van der Waals surface area contributed by atoms with Crippen molar-refractivity contribution >= 4 is 21.8 Å². The maximum atomic E-state index is 12.9. The van der Waals surface area contributed by atoms with E-state index in [1.54, 1.807) is 24.3 Å². The number of carbonyl (C=O) groups is 2. The van der Waals surface area contributed by atoms with Crippen molar-refractivity contribution in [2.24, 2.45) is 5.92 Å². The molecule has 0 bridgehead atoms. The van der Waals surface area contributed by atoms with Crippen molar-refractivity contribution in [2.45, 2.75) is 44.7 Å². The Hall–Kier alpha value is -1.97. The standard InChI is InChI=1S/C19H29N3O5S/c1-14(2)9-10-20-18(23)19(24)21-13-17-22(11-4-12-27-17)28(25,26)16-7-5-15(3)6-8-16/h5-8,14,17H,4,9-13H2,1-3H3,(H,20,23)(H,21,24)/t17-/m0/s1. The Balaban J connectivity index is 1.98. The summed E-state index contributed by atoms with van der Waals surface area (Å²) >= 11 is 0. The lowest BCUT2D eigenvalue weighted by Crippen LogP contribution is -2.53. The summed E-state index contributed by atoms with van der Waals surface area (Å²) in [7, 11) is -3.76. The van der Waals surface area contributed by atoms with Gasteiger partial charge in [0.05, 0.1) is 18.0 Å². The van der Waals surface area contributed by atoms with Crippen LogP contribution in [0, 0.1) is 12.8 Å². The van der Waals surface area contributed by atoms with E-state index >= 15 is 0 Å². The van der Waals surface area contributed by atoms with Crippen LogP contribution in [-0.4, -0.2) is 57.0 Å². The SMILES string of the molecule is Cc1ccc(S(=O)(=O)N2CCCO[C@H]2CNC(=O)C(=O)NCCC(C)C)cc1. The quantitative estimate of drug-likeness (QED) is 0.652. The third kappa shape index (κ3) is 6.02. The number of ether oxygens (including phenoxy) is 1. The van der Waals surface area contributed by atoms with Gasteiger partial charge in [0.25, 0.3) is 0 Å². The number of hydrogen-bond donors (Lipinski definition) is 2. The van der Waals surface area contributed by atoms with Crippen LogP contribution in [0.4, 0.5) is 0 Å². The van der Waals surface area contributed by atoms with Gasteiger partial charge < -0.3 is 15.4 Å². The molecule has 1 saturated heterocycles. The lowest BCUT2D eigenvalue weighted by atomic mass is 10.1. The van der Waals surface area contributed by atoms with Crippen LogP contribution in [0.5, 0.6) is 0 Å². The molecule has 0 radical (unpaired) electrons. The molecule has 0 spiro atoms. The lowest BCUT2D eigenvalue weighted by molar-refractivity contribution is -0.140. The van der Waals surface area contributed by atoms with Crippen LogP contribution in [0.15, 0.2) is 29.2 Å². The van der Waals surface area contributed by atoms with Gasteiger partial charge in [0.1, 0.15) is 6.23 Å². The fraction of sp³-hybridized carbons (Fsp3) is 0.579. The van der Waals surface area contributed by atoms with Crippen LogP contribution < -0.4 is 10.6 Å². The van der Waals surface area contributed by atoms with E-state index < -0.39 is 28.1 Å². The summed E-state index contributed by atoms with van der Waals surface area (Å²) in [5.41, 5.74) is 0.959. The molecule has 8 nitrogen and oxygen atoms in total. The van der Waals surface area contributed by atoms with Gasteiger partial charge in [-0.05, 0) is 37.8 Å². The maximum absolute atomic E-state index is 12.9. The van der Waals surface area contributed by atoms with E-state index in [1.807, 2.05) is 20.8 Å². The van der Waals surface area contributed by atoms with Crippen molar-refractivity contribution in [3.8, 4) is 0 Å². The number of sulfonamides is 1. The van der Waals surface area contributed by atoms with Crippen LogP contribution in [0.2, 0.25) is 0 Å². The number of nitrogens with one attached hydrogen (secondary N) is 2. The van der Waals surface area contributed by atoms with Crippen molar-refractivity contribution in [2.75, 3.05) is 26.2 Å². The van der Waals surface area contributed by atoms with E-state index in [0.29, 0.717) is 25.5 Å². The van der Waals surface area contributed by atoms with Gasteiger partial charge in [0.15, 0.2) is 0 Å². The predicted molar refractivity (Wildman–Crippen MR) is 105 cm³/mol. The summed E-state index contributed by atoms with van der Waals surface area (Å²) in [6.45, 7) is 6.92. The molecule has 1 aliphatic rings. The molecule has 0 aliphatic carbocycles. The summed E-state index contributed by atoms with van der Waals surface area (Å²) in [4.78, 5) is 24.0. The molecule has 1 aromatic rings. The molecule has 1 atom stereocenters. The Morgan fingerprint density at radius 3 is 2.46 bits per heavy atom. The molecule has 0 unspecified atom stereocenters. The zero-order valence-corrected chi connectivity index (χ0v) is 17.4. The number of amides is 2. The number of nitrogens with zero attached hydrogens (tertiary/aromatic N) is 1. The van der Waals surface area contributed by atoms with Gasteiger partial charge in [0.2, 0.25) is 10.0 Å². The fourth-order valence-electron chi connectivity index (χ4n) is 2.76. The van der Waals surface area contributed by atoms with E-state index in [4.69, 9.17) is 4.74 Å². The second kappa shape index (κ2) is 9.99. The zero-order chi connectivity index (χ0) is 20.7. The summed E-state index contributed by atoms with van der Waals surface area (Å²) in [5.74, 6) is -1.12. The summed E-state index contributed by atoms with van der Waals surface area (Å²) in [6, 6.07) is 6.57. The van der Waals surface area contributed by atoms with Crippen molar-refractivity contribution in [3.63, 3.8) is 0 Å². The van der Waals surface area contributed by atoms with E-state index in [-0.39, 0.29) is 18.0 Å².